The lowest BCUT2D eigenvalue weighted by molar-refractivity contribution is 0.660. The molecule has 1 aliphatic carbocycles. The second kappa shape index (κ2) is 11.4. The topological polar surface area (TPSA) is 3.24 Å². The molecule has 0 aliphatic heterocycles. The molecule has 0 bridgehead atoms. The van der Waals surface area contributed by atoms with Crippen LogP contribution in [0.2, 0.25) is 0 Å². The third-order valence-electron chi connectivity index (χ3n) is 6.41. The zero-order valence-electron chi connectivity index (χ0n) is 21.7. The SMILES string of the molecule is C=C/C(=C\C)N(c1ccc(S(=C)C)cc1)c1ccc2c(c1)C(C)(C)c1ccccc1-2.C=C/C=C\C. The van der Waals surface area contributed by atoms with E-state index < -0.39 is 0 Å². The Balaban J connectivity index is 0.000000623. The normalized spacial score (nSPS) is 14.4. The van der Waals surface area contributed by atoms with Crippen molar-refractivity contribution >= 4 is 27.7 Å². The molecule has 2 heteroatoms. The molecule has 3 aromatic carbocycles. The monoisotopic (exact) mass is 479 g/mol. The fourth-order valence-electron chi connectivity index (χ4n) is 4.58. The smallest absolute Gasteiger partial charge is 0.0464 e. The van der Waals surface area contributed by atoms with Crippen molar-refractivity contribution in [1.82, 2.24) is 0 Å². The van der Waals surface area contributed by atoms with Crippen molar-refractivity contribution in [2.45, 2.75) is 38.0 Å². The number of hydrogen-bond donors (Lipinski definition) is 0. The lowest BCUT2D eigenvalue weighted by atomic mass is 9.82. The van der Waals surface area contributed by atoms with Crippen LogP contribution in [0.3, 0.4) is 0 Å². The summed E-state index contributed by atoms with van der Waals surface area (Å²) in [4.78, 5) is 3.55. The molecule has 0 amide bonds. The summed E-state index contributed by atoms with van der Waals surface area (Å²) in [5.74, 6) is 4.17. The molecular formula is C33H37NS. The Morgan fingerprint density at radius 3 is 2.03 bits per heavy atom. The summed E-state index contributed by atoms with van der Waals surface area (Å²) in [5.41, 5.74) is 8.78. The molecule has 0 fully saturated rings. The van der Waals surface area contributed by atoms with Crippen molar-refractivity contribution in [3.8, 4) is 11.1 Å². The minimum absolute atomic E-state index is 0.00446. The molecule has 4 rings (SSSR count). The van der Waals surface area contributed by atoms with Gasteiger partial charge in [-0.05, 0) is 84.8 Å². The highest BCUT2D eigenvalue weighted by Crippen LogP contribution is 2.50. The Morgan fingerprint density at radius 2 is 1.49 bits per heavy atom. The molecule has 1 unspecified atom stereocenters. The van der Waals surface area contributed by atoms with E-state index in [1.165, 1.54) is 27.1 Å². The van der Waals surface area contributed by atoms with Gasteiger partial charge in [-0.1, -0.05) is 87.5 Å². The highest BCUT2D eigenvalue weighted by Gasteiger charge is 2.35. The summed E-state index contributed by atoms with van der Waals surface area (Å²) in [7, 11) is 0.00446. The van der Waals surface area contributed by atoms with Gasteiger partial charge in [0.05, 0.1) is 0 Å². The quantitative estimate of drug-likeness (QED) is 0.251. The molecule has 1 nitrogen and oxygen atoms in total. The van der Waals surface area contributed by atoms with Gasteiger partial charge in [-0.25, -0.2) is 0 Å². The molecule has 0 saturated heterocycles. The van der Waals surface area contributed by atoms with Gasteiger partial charge in [0.2, 0.25) is 0 Å². The molecule has 0 aromatic heterocycles. The van der Waals surface area contributed by atoms with E-state index in [9.17, 15) is 0 Å². The van der Waals surface area contributed by atoms with Gasteiger partial charge in [-0.2, -0.15) is 10.5 Å². The number of anilines is 2. The van der Waals surface area contributed by atoms with Crippen LogP contribution in [0.5, 0.6) is 0 Å². The van der Waals surface area contributed by atoms with Crippen molar-refractivity contribution < 1.29 is 0 Å². The van der Waals surface area contributed by atoms with Gasteiger partial charge in [0.15, 0.2) is 0 Å². The van der Waals surface area contributed by atoms with Gasteiger partial charge in [0.25, 0.3) is 0 Å². The average molecular weight is 480 g/mol. The lowest BCUT2D eigenvalue weighted by Crippen LogP contribution is -2.18. The van der Waals surface area contributed by atoms with Gasteiger partial charge in [0.1, 0.15) is 0 Å². The largest absolute Gasteiger partial charge is 0.311 e. The van der Waals surface area contributed by atoms with E-state index in [-0.39, 0.29) is 15.9 Å². The van der Waals surface area contributed by atoms with Crippen LogP contribution in [0.4, 0.5) is 11.4 Å². The van der Waals surface area contributed by atoms with Crippen LogP contribution in [0, 0.1) is 0 Å². The minimum atomic E-state index is -0.0217. The van der Waals surface area contributed by atoms with E-state index in [1.807, 2.05) is 25.2 Å². The molecular weight excluding hydrogens is 442 g/mol. The predicted molar refractivity (Wildman–Crippen MR) is 160 cm³/mol. The number of benzene rings is 3. The van der Waals surface area contributed by atoms with Crippen LogP contribution in [-0.2, 0) is 5.41 Å². The van der Waals surface area contributed by atoms with Gasteiger partial charge in [0, 0.05) is 27.4 Å². The average Bonchev–Trinajstić information content (AvgIpc) is 3.10. The summed E-state index contributed by atoms with van der Waals surface area (Å²) >= 11 is 0. The second-order valence-corrected chi connectivity index (χ2v) is 10.8. The minimum Gasteiger partial charge on any atom is -0.311 e. The summed E-state index contributed by atoms with van der Waals surface area (Å²) in [6, 6.07) is 24.3. The molecule has 0 N–H and O–H groups in total. The first-order valence-corrected chi connectivity index (χ1v) is 13.7. The zero-order chi connectivity index (χ0) is 25.6. The Morgan fingerprint density at radius 1 is 0.857 bits per heavy atom. The van der Waals surface area contributed by atoms with Gasteiger partial charge in [-0.3, -0.25) is 0 Å². The lowest BCUT2D eigenvalue weighted by Gasteiger charge is -2.28. The maximum Gasteiger partial charge on any atom is 0.0464 e. The molecule has 180 valence electrons. The first-order chi connectivity index (χ1) is 16.8. The van der Waals surface area contributed by atoms with E-state index in [0.717, 1.165) is 17.1 Å². The third kappa shape index (κ3) is 5.33. The van der Waals surface area contributed by atoms with Crippen LogP contribution in [0.25, 0.3) is 11.1 Å². The number of rotatable bonds is 6. The van der Waals surface area contributed by atoms with Crippen LogP contribution in [0.15, 0.2) is 121 Å². The van der Waals surface area contributed by atoms with Gasteiger partial charge < -0.3 is 4.90 Å². The maximum absolute atomic E-state index is 4.17. The van der Waals surface area contributed by atoms with Crippen LogP contribution in [-0.4, -0.2) is 12.1 Å². The second-order valence-electron chi connectivity index (χ2n) is 9.05. The number of hydrogen-bond acceptors (Lipinski definition) is 1. The summed E-state index contributed by atoms with van der Waals surface area (Å²) in [6.07, 6.45) is 11.8. The van der Waals surface area contributed by atoms with Crippen molar-refractivity contribution in [2.24, 2.45) is 0 Å². The molecule has 35 heavy (non-hydrogen) atoms. The van der Waals surface area contributed by atoms with E-state index in [1.54, 1.807) is 6.08 Å². The number of allylic oxidation sites excluding steroid dienone is 5. The van der Waals surface area contributed by atoms with Crippen molar-refractivity contribution in [2.75, 3.05) is 11.2 Å². The molecule has 3 aromatic rings. The first-order valence-electron chi connectivity index (χ1n) is 11.9. The van der Waals surface area contributed by atoms with E-state index in [2.05, 4.69) is 124 Å². The van der Waals surface area contributed by atoms with E-state index in [4.69, 9.17) is 0 Å². The molecule has 1 atom stereocenters. The molecule has 0 heterocycles. The van der Waals surface area contributed by atoms with Crippen LogP contribution < -0.4 is 4.90 Å². The summed E-state index contributed by atoms with van der Waals surface area (Å²) < 4.78 is 0. The number of nitrogens with zero attached hydrogens (tertiary/aromatic N) is 1. The summed E-state index contributed by atoms with van der Waals surface area (Å²) in [6.45, 7) is 16.2. The highest BCUT2D eigenvalue weighted by molar-refractivity contribution is 8.13. The Bertz CT molecular complexity index is 1290. The molecule has 0 saturated carbocycles. The van der Waals surface area contributed by atoms with Crippen molar-refractivity contribution in [3.63, 3.8) is 0 Å². The first kappa shape index (κ1) is 26.2. The van der Waals surface area contributed by atoms with E-state index in [0.29, 0.717) is 0 Å². The fourth-order valence-corrected chi connectivity index (χ4v) is 5.18. The molecule has 0 spiro atoms. The van der Waals surface area contributed by atoms with Crippen molar-refractivity contribution in [1.29, 1.82) is 0 Å². The molecule has 0 radical (unpaired) electrons. The van der Waals surface area contributed by atoms with Gasteiger partial charge in [-0.15, -0.1) is 0 Å². The van der Waals surface area contributed by atoms with Crippen LogP contribution >= 0.6 is 10.5 Å². The van der Waals surface area contributed by atoms with Crippen molar-refractivity contribution in [3.05, 3.63) is 127 Å². The fraction of sp³-hybridized carbons (Fsp3) is 0.182. The zero-order valence-corrected chi connectivity index (χ0v) is 22.5. The van der Waals surface area contributed by atoms with Crippen LogP contribution in [0.1, 0.15) is 38.8 Å². The Labute approximate surface area is 214 Å². The highest BCUT2D eigenvalue weighted by atomic mass is 32.2. The number of fused-ring (bicyclic) bond motifs is 3. The maximum atomic E-state index is 4.17. The molecule has 1 aliphatic rings. The third-order valence-corrected chi connectivity index (χ3v) is 7.49. The summed E-state index contributed by atoms with van der Waals surface area (Å²) in [5, 5.41) is 0. The predicted octanol–water partition coefficient (Wildman–Crippen LogP) is 9.66. The van der Waals surface area contributed by atoms with Gasteiger partial charge >= 0.3 is 0 Å². The Kier molecular flexibility index (Phi) is 8.53. The standard InChI is InChI=1S/C28H29NS.C5H8/c1-7-20(8-2)29(21-13-16-23(17-14-21)30(5)6)22-15-18-25-24-11-9-10-12-26(24)28(3,4)27(25)19-22;1-3-5-4-2/h7-19H,1,5H2,2-4,6H3;3-5H,1H2,2H3/b20-8+;5-4-. The van der Waals surface area contributed by atoms with E-state index >= 15 is 0 Å². The Hall–Kier alpha value is -3.36.